The molecule has 5 heteroatoms. The number of rotatable bonds is 6. The maximum atomic E-state index is 12.4. The van der Waals surface area contributed by atoms with Crippen molar-refractivity contribution in [3.05, 3.63) is 29.8 Å². The molecule has 130 valence electrons. The molecule has 0 spiro atoms. The highest BCUT2D eigenvalue weighted by atomic mass is 16.5. The number of ether oxygens (including phenoxy) is 1. The Morgan fingerprint density at radius 3 is 2.71 bits per heavy atom. The molecule has 0 bridgehead atoms. The number of nitrogens with one attached hydrogen (secondary N) is 1. The smallest absolute Gasteiger partial charge is 0.221 e. The zero-order valence-electron chi connectivity index (χ0n) is 14.8. The third-order valence-corrected chi connectivity index (χ3v) is 4.73. The topological polar surface area (TPSA) is 65.4 Å². The third-order valence-electron chi connectivity index (χ3n) is 4.73. The van der Waals surface area contributed by atoms with Crippen molar-refractivity contribution in [3.8, 4) is 11.8 Å². The number of amides is 1. The first-order chi connectivity index (χ1) is 11.5. The van der Waals surface area contributed by atoms with Crippen LogP contribution in [0.25, 0.3) is 0 Å². The van der Waals surface area contributed by atoms with Crippen molar-refractivity contribution in [1.82, 2.24) is 10.2 Å². The molecule has 1 aromatic carbocycles. The van der Waals surface area contributed by atoms with E-state index in [0.29, 0.717) is 19.3 Å². The van der Waals surface area contributed by atoms with Crippen LogP contribution in [0, 0.1) is 17.2 Å². The van der Waals surface area contributed by atoms with Gasteiger partial charge in [0.15, 0.2) is 0 Å². The molecule has 5 nitrogen and oxygen atoms in total. The molecule has 1 saturated heterocycles. The molecule has 1 aromatic rings. The van der Waals surface area contributed by atoms with Gasteiger partial charge in [0.2, 0.25) is 5.91 Å². The lowest BCUT2D eigenvalue weighted by Crippen LogP contribution is -2.54. The second-order valence-corrected chi connectivity index (χ2v) is 6.87. The van der Waals surface area contributed by atoms with Crippen LogP contribution >= 0.6 is 0 Å². The number of hydrogen-bond acceptors (Lipinski definition) is 4. The van der Waals surface area contributed by atoms with E-state index in [1.165, 1.54) is 0 Å². The SMILES string of the molecule is COc1ccccc1C[C@@H](C)CC(=O)NC1(C#N)CCN(C)CC1. The van der Waals surface area contributed by atoms with E-state index in [1.807, 2.05) is 31.3 Å². The Morgan fingerprint density at radius 2 is 2.08 bits per heavy atom. The number of carbonyl (C=O) groups excluding carboxylic acids is 1. The van der Waals surface area contributed by atoms with Crippen molar-refractivity contribution >= 4 is 5.91 Å². The van der Waals surface area contributed by atoms with Gasteiger partial charge in [-0.3, -0.25) is 4.79 Å². The second kappa shape index (κ2) is 8.16. The van der Waals surface area contributed by atoms with Crippen LogP contribution < -0.4 is 10.1 Å². The molecule has 1 N–H and O–H groups in total. The normalized spacial score (nSPS) is 18.4. The lowest BCUT2D eigenvalue weighted by atomic mass is 9.88. The van der Waals surface area contributed by atoms with Gasteiger partial charge >= 0.3 is 0 Å². The van der Waals surface area contributed by atoms with Gasteiger partial charge in [-0.1, -0.05) is 25.1 Å². The van der Waals surface area contributed by atoms with E-state index < -0.39 is 5.54 Å². The molecule has 24 heavy (non-hydrogen) atoms. The summed E-state index contributed by atoms with van der Waals surface area (Å²) in [7, 11) is 3.70. The van der Waals surface area contributed by atoms with Gasteiger partial charge in [-0.2, -0.15) is 5.26 Å². The van der Waals surface area contributed by atoms with Crippen molar-refractivity contribution in [2.45, 2.75) is 38.1 Å². The summed E-state index contributed by atoms with van der Waals surface area (Å²) < 4.78 is 5.37. The number of methoxy groups -OCH3 is 1. The van der Waals surface area contributed by atoms with Gasteiger partial charge in [0, 0.05) is 19.5 Å². The van der Waals surface area contributed by atoms with Crippen LogP contribution in [0.15, 0.2) is 24.3 Å². The van der Waals surface area contributed by atoms with Crippen LogP contribution in [0.1, 0.15) is 31.7 Å². The van der Waals surface area contributed by atoms with Crippen molar-refractivity contribution in [1.29, 1.82) is 5.26 Å². The summed E-state index contributed by atoms with van der Waals surface area (Å²) in [6, 6.07) is 10.2. The van der Waals surface area contributed by atoms with Gasteiger partial charge in [0.25, 0.3) is 0 Å². The number of nitriles is 1. The Kier molecular flexibility index (Phi) is 6.22. The lowest BCUT2D eigenvalue weighted by Gasteiger charge is -2.36. The number of piperidine rings is 1. The molecule has 0 radical (unpaired) electrons. The summed E-state index contributed by atoms with van der Waals surface area (Å²) in [5.74, 6) is 1.00. The van der Waals surface area contributed by atoms with Crippen LogP contribution in [-0.2, 0) is 11.2 Å². The molecule has 1 heterocycles. The maximum Gasteiger partial charge on any atom is 0.221 e. The average molecular weight is 329 g/mol. The number of nitrogens with zero attached hydrogens (tertiary/aromatic N) is 2. The predicted molar refractivity (Wildman–Crippen MR) is 93.7 cm³/mol. The quantitative estimate of drug-likeness (QED) is 0.870. The fourth-order valence-corrected chi connectivity index (χ4v) is 3.22. The van der Waals surface area contributed by atoms with Crippen molar-refractivity contribution in [2.75, 3.05) is 27.2 Å². The van der Waals surface area contributed by atoms with Crippen LogP contribution in [0.4, 0.5) is 0 Å². The number of para-hydroxylation sites is 1. The van der Waals surface area contributed by atoms with Gasteiger partial charge < -0.3 is 15.0 Å². The highest BCUT2D eigenvalue weighted by Gasteiger charge is 2.35. The van der Waals surface area contributed by atoms with E-state index in [2.05, 4.69) is 23.2 Å². The minimum Gasteiger partial charge on any atom is -0.496 e. The third kappa shape index (κ3) is 4.72. The Hall–Kier alpha value is -2.06. The molecular formula is C19H27N3O2. The zero-order chi connectivity index (χ0) is 17.6. The van der Waals surface area contributed by atoms with Crippen LogP contribution in [0.5, 0.6) is 5.75 Å². The Balaban J connectivity index is 1.90. The highest BCUT2D eigenvalue weighted by Crippen LogP contribution is 2.24. The van der Waals surface area contributed by atoms with Crippen molar-refractivity contribution in [3.63, 3.8) is 0 Å². The molecule has 1 fully saturated rings. The van der Waals surface area contributed by atoms with Gasteiger partial charge in [-0.25, -0.2) is 0 Å². The molecule has 0 aromatic heterocycles. The summed E-state index contributed by atoms with van der Waals surface area (Å²) in [4.78, 5) is 14.6. The Labute approximate surface area is 144 Å². The Morgan fingerprint density at radius 1 is 1.42 bits per heavy atom. The van der Waals surface area contributed by atoms with E-state index in [-0.39, 0.29) is 11.8 Å². The number of benzene rings is 1. The molecular weight excluding hydrogens is 302 g/mol. The fraction of sp³-hybridized carbons (Fsp3) is 0.579. The van der Waals surface area contributed by atoms with E-state index in [0.717, 1.165) is 30.8 Å². The monoisotopic (exact) mass is 329 g/mol. The van der Waals surface area contributed by atoms with E-state index in [9.17, 15) is 10.1 Å². The fourth-order valence-electron chi connectivity index (χ4n) is 3.22. The average Bonchev–Trinajstić information content (AvgIpc) is 2.57. The highest BCUT2D eigenvalue weighted by molar-refractivity contribution is 5.77. The number of carbonyl (C=O) groups is 1. The standard InChI is InChI=1S/C19H27N3O2/c1-15(12-16-6-4-5-7-17(16)24-3)13-18(23)21-19(14-20)8-10-22(2)11-9-19/h4-7,15H,8-13H2,1-3H3,(H,21,23)/t15-/m1/s1. The summed E-state index contributed by atoms with van der Waals surface area (Å²) in [5.41, 5.74) is 0.405. The first-order valence-electron chi connectivity index (χ1n) is 8.51. The van der Waals surface area contributed by atoms with Gasteiger partial charge in [0.05, 0.1) is 13.2 Å². The molecule has 2 rings (SSSR count). The van der Waals surface area contributed by atoms with Crippen LogP contribution in [0.3, 0.4) is 0 Å². The summed E-state index contributed by atoms with van der Waals surface area (Å²) >= 11 is 0. The van der Waals surface area contributed by atoms with Crippen LogP contribution in [0.2, 0.25) is 0 Å². The summed E-state index contributed by atoms with van der Waals surface area (Å²) in [6.07, 6.45) is 2.57. The number of likely N-dealkylation sites (tertiary alicyclic amines) is 1. The van der Waals surface area contributed by atoms with E-state index in [4.69, 9.17) is 4.74 Å². The second-order valence-electron chi connectivity index (χ2n) is 6.87. The summed E-state index contributed by atoms with van der Waals surface area (Å²) in [5, 5.41) is 12.5. The van der Waals surface area contributed by atoms with Gasteiger partial charge in [0.1, 0.15) is 11.3 Å². The molecule has 0 aliphatic carbocycles. The molecule has 0 saturated carbocycles. The van der Waals surface area contributed by atoms with Crippen LogP contribution in [-0.4, -0.2) is 43.6 Å². The largest absolute Gasteiger partial charge is 0.496 e. The van der Waals surface area contributed by atoms with Crippen molar-refractivity contribution < 1.29 is 9.53 Å². The molecule has 1 amide bonds. The van der Waals surface area contributed by atoms with Gasteiger partial charge in [-0.05, 0) is 43.9 Å². The predicted octanol–water partition coefficient (Wildman–Crippen LogP) is 2.37. The molecule has 0 unspecified atom stereocenters. The lowest BCUT2D eigenvalue weighted by molar-refractivity contribution is -0.123. The van der Waals surface area contributed by atoms with E-state index in [1.54, 1.807) is 7.11 Å². The zero-order valence-corrected chi connectivity index (χ0v) is 14.8. The number of hydrogen-bond donors (Lipinski definition) is 1. The minimum absolute atomic E-state index is 0.0384. The molecule has 1 aliphatic heterocycles. The van der Waals surface area contributed by atoms with Gasteiger partial charge in [-0.15, -0.1) is 0 Å². The first kappa shape index (κ1) is 18.3. The molecule has 1 aliphatic rings. The first-order valence-corrected chi connectivity index (χ1v) is 8.51. The molecule has 1 atom stereocenters. The minimum atomic E-state index is -0.701. The van der Waals surface area contributed by atoms with E-state index >= 15 is 0 Å². The summed E-state index contributed by atoms with van der Waals surface area (Å²) in [6.45, 7) is 3.73. The maximum absolute atomic E-state index is 12.4. The Bertz CT molecular complexity index is 601. The van der Waals surface area contributed by atoms with Crippen molar-refractivity contribution in [2.24, 2.45) is 5.92 Å².